The van der Waals surface area contributed by atoms with Gasteiger partial charge in [0.05, 0.1) is 18.8 Å². The van der Waals surface area contributed by atoms with Crippen LogP contribution in [0.15, 0.2) is 18.2 Å². The van der Waals surface area contributed by atoms with E-state index in [1.807, 2.05) is 7.05 Å². The third-order valence-electron chi connectivity index (χ3n) is 3.09. The number of hydrogen-bond donors (Lipinski definition) is 1. The van der Waals surface area contributed by atoms with Crippen LogP contribution >= 0.6 is 0 Å². The van der Waals surface area contributed by atoms with Gasteiger partial charge in [0.15, 0.2) is 0 Å². The summed E-state index contributed by atoms with van der Waals surface area (Å²) in [5, 5.41) is 10.0. The van der Waals surface area contributed by atoms with E-state index in [9.17, 15) is 13.9 Å². The predicted molar refractivity (Wildman–Crippen MR) is 63.3 cm³/mol. The number of morpholine rings is 1. The van der Waals surface area contributed by atoms with E-state index in [2.05, 4.69) is 4.90 Å². The molecule has 1 aliphatic rings. The first-order valence-corrected chi connectivity index (χ1v) is 5.98. The maximum absolute atomic E-state index is 13.0. The molecule has 1 N–H and O–H groups in total. The van der Waals surface area contributed by atoms with Crippen LogP contribution in [0.4, 0.5) is 8.78 Å². The third-order valence-corrected chi connectivity index (χ3v) is 3.09. The second kappa shape index (κ2) is 5.73. The minimum atomic E-state index is -0.756. The van der Waals surface area contributed by atoms with Crippen molar-refractivity contribution < 1.29 is 18.6 Å². The summed E-state index contributed by atoms with van der Waals surface area (Å²) in [7, 11) is 1.95. The van der Waals surface area contributed by atoms with Gasteiger partial charge in [0, 0.05) is 25.6 Å². The summed E-state index contributed by atoms with van der Waals surface area (Å²) in [6.45, 7) is 2.02. The monoisotopic (exact) mass is 257 g/mol. The molecule has 1 aromatic rings. The first-order chi connectivity index (χ1) is 8.54. The molecule has 0 aromatic heterocycles. The van der Waals surface area contributed by atoms with Crippen LogP contribution in [0.25, 0.3) is 0 Å². The molecule has 18 heavy (non-hydrogen) atoms. The highest BCUT2D eigenvalue weighted by atomic mass is 19.1. The number of likely N-dealkylation sites (N-methyl/N-ethyl adjacent to an activating group) is 1. The summed E-state index contributed by atoms with van der Waals surface area (Å²) in [5.74, 6) is -1.25. The SMILES string of the molecule is CN1CCOC(C(O)Cc2cc(F)cc(F)c2)C1. The van der Waals surface area contributed by atoms with Crippen LogP contribution < -0.4 is 0 Å². The van der Waals surface area contributed by atoms with Crippen LogP contribution in [-0.4, -0.2) is 49.0 Å². The summed E-state index contributed by atoms with van der Waals surface area (Å²) in [6.07, 6.45) is -0.878. The summed E-state index contributed by atoms with van der Waals surface area (Å²) >= 11 is 0. The fourth-order valence-electron chi connectivity index (χ4n) is 2.15. The molecule has 1 heterocycles. The molecule has 0 saturated carbocycles. The smallest absolute Gasteiger partial charge is 0.126 e. The standard InChI is InChI=1S/C13H17F2NO2/c1-16-2-3-18-13(8-16)12(17)6-9-4-10(14)7-11(15)5-9/h4-5,7,12-13,17H,2-3,6,8H2,1H3. The van der Waals surface area contributed by atoms with E-state index < -0.39 is 17.7 Å². The lowest BCUT2D eigenvalue weighted by molar-refractivity contribution is -0.0823. The molecular weight excluding hydrogens is 240 g/mol. The largest absolute Gasteiger partial charge is 0.390 e. The summed E-state index contributed by atoms with van der Waals surface area (Å²) < 4.78 is 31.5. The molecule has 0 spiro atoms. The van der Waals surface area contributed by atoms with Crippen molar-refractivity contribution in [2.75, 3.05) is 26.7 Å². The maximum atomic E-state index is 13.0. The van der Waals surface area contributed by atoms with Crippen molar-refractivity contribution >= 4 is 0 Å². The Morgan fingerprint density at radius 3 is 2.67 bits per heavy atom. The zero-order valence-electron chi connectivity index (χ0n) is 10.3. The number of halogens is 2. The van der Waals surface area contributed by atoms with Crippen molar-refractivity contribution in [3.63, 3.8) is 0 Å². The number of ether oxygens (including phenoxy) is 1. The lowest BCUT2D eigenvalue weighted by atomic mass is 10.0. The lowest BCUT2D eigenvalue weighted by Crippen LogP contribution is -2.46. The van der Waals surface area contributed by atoms with Crippen molar-refractivity contribution in [2.45, 2.75) is 18.6 Å². The third kappa shape index (κ3) is 3.48. The first kappa shape index (κ1) is 13.4. The van der Waals surface area contributed by atoms with Crippen LogP contribution in [0, 0.1) is 11.6 Å². The minimum Gasteiger partial charge on any atom is -0.390 e. The quantitative estimate of drug-likeness (QED) is 0.883. The van der Waals surface area contributed by atoms with Gasteiger partial charge in [-0.25, -0.2) is 8.78 Å². The van der Waals surface area contributed by atoms with Gasteiger partial charge in [-0.3, -0.25) is 0 Å². The Hall–Kier alpha value is -1.04. The van der Waals surface area contributed by atoms with Gasteiger partial charge >= 0.3 is 0 Å². The van der Waals surface area contributed by atoms with E-state index >= 15 is 0 Å². The number of aliphatic hydroxyl groups excluding tert-OH is 1. The molecule has 0 bridgehead atoms. The highest BCUT2D eigenvalue weighted by molar-refractivity contribution is 5.18. The molecule has 5 heteroatoms. The molecule has 2 atom stereocenters. The summed E-state index contributed by atoms with van der Waals surface area (Å²) in [6, 6.07) is 3.29. The first-order valence-electron chi connectivity index (χ1n) is 5.98. The Labute approximate surface area is 105 Å². The van der Waals surface area contributed by atoms with E-state index in [0.717, 1.165) is 12.6 Å². The zero-order valence-corrected chi connectivity index (χ0v) is 10.3. The molecule has 2 rings (SSSR count). The Balaban J connectivity index is 1.99. The van der Waals surface area contributed by atoms with E-state index in [1.54, 1.807) is 0 Å². The second-order valence-electron chi connectivity index (χ2n) is 4.72. The number of hydrogen-bond acceptors (Lipinski definition) is 3. The highest BCUT2D eigenvalue weighted by Gasteiger charge is 2.25. The molecule has 2 unspecified atom stereocenters. The minimum absolute atomic E-state index is 0.188. The number of rotatable bonds is 3. The van der Waals surface area contributed by atoms with Gasteiger partial charge in [0.25, 0.3) is 0 Å². The Morgan fingerprint density at radius 2 is 2.06 bits per heavy atom. The zero-order chi connectivity index (χ0) is 13.1. The average Bonchev–Trinajstić information content (AvgIpc) is 2.27. The second-order valence-corrected chi connectivity index (χ2v) is 4.72. The Bertz CT molecular complexity index is 394. The van der Waals surface area contributed by atoms with Crippen LogP contribution in [0.3, 0.4) is 0 Å². The topological polar surface area (TPSA) is 32.7 Å². The maximum Gasteiger partial charge on any atom is 0.126 e. The van der Waals surface area contributed by atoms with Gasteiger partial charge in [-0.1, -0.05) is 0 Å². The molecule has 0 aliphatic carbocycles. The fraction of sp³-hybridized carbons (Fsp3) is 0.538. The van der Waals surface area contributed by atoms with Gasteiger partial charge < -0.3 is 14.7 Å². The average molecular weight is 257 g/mol. The molecule has 0 amide bonds. The van der Waals surface area contributed by atoms with Crippen molar-refractivity contribution in [2.24, 2.45) is 0 Å². The molecule has 1 saturated heterocycles. The van der Waals surface area contributed by atoms with Crippen molar-refractivity contribution in [3.8, 4) is 0 Å². The van der Waals surface area contributed by atoms with E-state index in [0.29, 0.717) is 18.7 Å². The van der Waals surface area contributed by atoms with Crippen LogP contribution in [-0.2, 0) is 11.2 Å². The molecule has 0 radical (unpaired) electrons. The van der Waals surface area contributed by atoms with E-state index in [1.165, 1.54) is 12.1 Å². The number of benzene rings is 1. The van der Waals surface area contributed by atoms with Gasteiger partial charge in [0.2, 0.25) is 0 Å². The Morgan fingerprint density at radius 1 is 1.39 bits per heavy atom. The molecule has 1 fully saturated rings. The van der Waals surface area contributed by atoms with Crippen LogP contribution in [0.5, 0.6) is 0 Å². The number of nitrogens with zero attached hydrogens (tertiary/aromatic N) is 1. The van der Waals surface area contributed by atoms with Gasteiger partial charge in [-0.2, -0.15) is 0 Å². The fourth-order valence-corrected chi connectivity index (χ4v) is 2.15. The van der Waals surface area contributed by atoms with Gasteiger partial charge in [-0.15, -0.1) is 0 Å². The van der Waals surface area contributed by atoms with Crippen molar-refractivity contribution in [3.05, 3.63) is 35.4 Å². The Kier molecular flexibility index (Phi) is 4.27. The molecule has 1 aliphatic heterocycles. The van der Waals surface area contributed by atoms with Crippen LogP contribution in [0.1, 0.15) is 5.56 Å². The van der Waals surface area contributed by atoms with Gasteiger partial charge in [0.1, 0.15) is 11.6 Å². The van der Waals surface area contributed by atoms with Crippen LogP contribution in [0.2, 0.25) is 0 Å². The van der Waals surface area contributed by atoms with E-state index in [-0.39, 0.29) is 12.5 Å². The van der Waals surface area contributed by atoms with Gasteiger partial charge in [-0.05, 0) is 24.7 Å². The van der Waals surface area contributed by atoms with E-state index in [4.69, 9.17) is 4.74 Å². The number of aliphatic hydroxyl groups is 1. The predicted octanol–water partition coefficient (Wildman–Crippen LogP) is 1.20. The molecule has 1 aromatic carbocycles. The summed E-state index contributed by atoms with van der Waals surface area (Å²) in [4.78, 5) is 2.06. The summed E-state index contributed by atoms with van der Waals surface area (Å²) in [5.41, 5.74) is 0.442. The molecular formula is C13H17F2NO2. The lowest BCUT2D eigenvalue weighted by Gasteiger charge is -2.33. The normalized spacial score (nSPS) is 23.0. The van der Waals surface area contributed by atoms with Crippen molar-refractivity contribution in [1.82, 2.24) is 4.90 Å². The van der Waals surface area contributed by atoms with Crippen molar-refractivity contribution in [1.29, 1.82) is 0 Å². The highest BCUT2D eigenvalue weighted by Crippen LogP contribution is 2.15. The molecule has 100 valence electrons. The molecule has 3 nitrogen and oxygen atoms in total.